The minimum absolute atomic E-state index is 0.125. The third-order valence-electron chi connectivity index (χ3n) is 4.95. The smallest absolute Gasteiger partial charge is 0.281 e. The molecule has 1 amide bonds. The lowest BCUT2D eigenvalue weighted by Gasteiger charge is -2.32. The highest BCUT2D eigenvalue weighted by Crippen LogP contribution is 2.25. The first-order valence-corrected chi connectivity index (χ1v) is 10.8. The number of amides is 1. The fourth-order valence-corrected chi connectivity index (χ4v) is 4.59. The van der Waals surface area contributed by atoms with E-state index in [0.29, 0.717) is 32.5 Å². The number of hydrogen-bond donors (Lipinski definition) is 1. The molecule has 2 aromatic carbocycles. The number of nitrogens with zero attached hydrogens (tertiary/aromatic N) is 2. The fourth-order valence-electron chi connectivity index (χ4n) is 3.40. The van der Waals surface area contributed by atoms with E-state index >= 15 is 0 Å². The number of benzene rings is 2. The van der Waals surface area contributed by atoms with Crippen LogP contribution in [-0.4, -0.2) is 63.3 Å². The number of fused-ring (bicyclic) bond motifs is 1. The van der Waals surface area contributed by atoms with Crippen LogP contribution in [0.3, 0.4) is 0 Å². The van der Waals surface area contributed by atoms with Crippen LogP contribution in [0.4, 0.5) is 0 Å². The van der Waals surface area contributed by atoms with Crippen molar-refractivity contribution >= 4 is 26.9 Å². The van der Waals surface area contributed by atoms with E-state index in [-0.39, 0.29) is 18.4 Å². The summed E-state index contributed by atoms with van der Waals surface area (Å²) in [4.78, 5) is 12.5. The number of hydrogen-bond acceptors (Lipinski definition) is 4. The van der Waals surface area contributed by atoms with Crippen LogP contribution in [0.1, 0.15) is 12.8 Å². The van der Waals surface area contributed by atoms with Gasteiger partial charge in [-0.15, -0.1) is 0 Å². The lowest BCUT2D eigenvalue weighted by atomic mass is 9.99. The Morgan fingerprint density at radius 1 is 1.21 bits per heavy atom. The molecule has 0 aliphatic carbocycles. The molecule has 1 fully saturated rings. The van der Waals surface area contributed by atoms with Gasteiger partial charge in [0.25, 0.3) is 10.2 Å². The van der Waals surface area contributed by atoms with E-state index in [4.69, 9.17) is 4.74 Å². The van der Waals surface area contributed by atoms with Gasteiger partial charge in [0.15, 0.2) is 0 Å². The summed E-state index contributed by atoms with van der Waals surface area (Å²) in [7, 11) is -0.479. The third kappa shape index (κ3) is 4.63. The average molecular weight is 406 g/mol. The van der Waals surface area contributed by atoms with Crippen LogP contribution >= 0.6 is 0 Å². The maximum atomic E-state index is 12.5. The van der Waals surface area contributed by atoms with Crippen LogP contribution in [0.25, 0.3) is 10.8 Å². The molecule has 1 aliphatic heterocycles. The summed E-state index contributed by atoms with van der Waals surface area (Å²) >= 11 is 0. The highest BCUT2D eigenvalue weighted by atomic mass is 32.2. The first-order valence-electron chi connectivity index (χ1n) is 9.45. The molecule has 2 aromatic rings. The van der Waals surface area contributed by atoms with E-state index in [1.54, 1.807) is 0 Å². The maximum absolute atomic E-state index is 12.5. The minimum atomic E-state index is -3.49. The van der Waals surface area contributed by atoms with Gasteiger partial charge in [-0.2, -0.15) is 17.0 Å². The van der Waals surface area contributed by atoms with Crippen molar-refractivity contribution in [3.05, 3.63) is 42.5 Å². The van der Waals surface area contributed by atoms with Crippen molar-refractivity contribution in [2.24, 2.45) is 5.92 Å². The summed E-state index contributed by atoms with van der Waals surface area (Å²) in [5.74, 6) is 0.328. The molecule has 1 heterocycles. The molecule has 0 bridgehead atoms. The van der Waals surface area contributed by atoms with Crippen molar-refractivity contribution in [1.82, 2.24) is 13.9 Å². The Bertz CT molecular complexity index is 925. The predicted molar refractivity (Wildman–Crippen MR) is 109 cm³/mol. The molecule has 1 unspecified atom stereocenters. The minimum Gasteiger partial charge on any atom is -0.491 e. The molecule has 0 spiro atoms. The monoisotopic (exact) mass is 405 g/mol. The van der Waals surface area contributed by atoms with Gasteiger partial charge in [-0.05, 0) is 24.3 Å². The summed E-state index contributed by atoms with van der Waals surface area (Å²) in [6.45, 7) is 1.40. The normalized spacial score (nSPS) is 18.3. The van der Waals surface area contributed by atoms with Crippen molar-refractivity contribution in [2.75, 3.05) is 40.3 Å². The Morgan fingerprint density at radius 3 is 2.75 bits per heavy atom. The number of ether oxygens (including phenoxy) is 1. The van der Waals surface area contributed by atoms with Crippen molar-refractivity contribution in [2.45, 2.75) is 12.8 Å². The van der Waals surface area contributed by atoms with Gasteiger partial charge in [0.05, 0.1) is 12.5 Å². The average Bonchev–Trinajstić information content (AvgIpc) is 2.71. The molecule has 152 valence electrons. The first-order chi connectivity index (χ1) is 13.4. The lowest BCUT2D eigenvalue weighted by molar-refractivity contribution is -0.126. The molecular weight excluding hydrogens is 378 g/mol. The van der Waals surface area contributed by atoms with E-state index in [1.165, 1.54) is 22.7 Å². The molecular formula is C20H27N3O4S. The van der Waals surface area contributed by atoms with Crippen molar-refractivity contribution < 1.29 is 17.9 Å². The summed E-state index contributed by atoms with van der Waals surface area (Å²) < 4.78 is 33.0. The second-order valence-electron chi connectivity index (χ2n) is 7.10. The van der Waals surface area contributed by atoms with Crippen LogP contribution in [0, 0.1) is 5.92 Å². The Kier molecular flexibility index (Phi) is 6.53. The lowest BCUT2D eigenvalue weighted by Crippen LogP contribution is -2.49. The van der Waals surface area contributed by atoms with E-state index in [0.717, 1.165) is 16.5 Å². The first kappa shape index (κ1) is 20.6. The zero-order valence-electron chi connectivity index (χ0n) is 16.3. The Balaban J connectivity index is 1.50. The standard InChI is InChI=1S/C20H27N3O4S/c1-22(2)28(25,26)23-13-6-9-17(15-23)20(24)21-12-14-27-19-11-5-8-16-7-3-4-10-18(16)19/h3-5,7-8,10-11,17H,6,9,12-15H2,1-2H3,(H,21,24). The summed E-state index contributed by atoms with van der Waals surface area (Å²) in [5.41, 5.74) is 0. The molecule has 0 aromatic heterocycles. The topological polar surface area (TPSA) is 79.0 Å². The van der Waals surface area contributed by atoms with Crippen molar-refractivity contribution in [1.29, 1.82) is 0 Å². The summed E-state index contributed by atoms with van der Waals surface area (Å²) in [6, 6.07) is 13.9. The van der Waals surface area contributed by atoms with Crippen molar-refractivity contribution in [3.8, 4) is 5.75 Å². The zero-order chi connectivity index (χ0) is 20.1. The van der Waals surface area contributed by atoms with Crippen LogP contribution in [0.2, 0.25) is 0 Å². The number of piperidine rings is 1. The Morgan fingerprint density at radius 2 is 1.96 bits per heavy atom. The van der Waals surface area contributed by atoms with Gasteiger partial charge < -0.3 is 10.1 Å². The van der Waals surface area contributed by atoms with E-state index in [9.17, 15) is 13.2 Å². The third-order valence-corrected chi connectivity index (χ3v) is 6.86. The van der Waals surface area contributed by atoms with Gasteiger partial charge in [0.2, 0.25) is 5.91 Å². The quantitative estimate of drug-likeness (QED) is 0.713. The van der Waals surface area contributed by atoms with E-state index in [2.05, 4.69) is 5.32 Å². The van der Waals surface area contributed by atoms with E-state index in [1.807, 2.05) is 42.5 Å². The van der Waals surface area contributed by atoms with Gasteiger partial charge in [-0.3, -0.25) is 4.79 Å². The molecule has 0 saturated carbocycles. The second-order valence-corrected chi connectivity index (χ2v) is 9.25. The largest absolute Gasteiger partial charge is 0.491 e. The molecule has 1 saturated heterocycles. The highest BCUT2D eigenvalue weighted by Gasteiger charge is 2.33. The summed E-state index contributed by atoms with van der Waals surface area (Å²) in [5, 5.41) is 5.01. The SMILES string of the molecule is CN(C)S(=O)(=O)N1CCCC(C(=O)NCCOc2cccc3ccccc23)C1. The molecule has 7 nitrogen and oxygen atoms in total. The van der Waals surface area contributed by atoms with Crippen LogP contribution in [0.5, 0.6) is 5.75 Å². The summed E-state index contributed by atoms with van der Waals surface area (Å²) in [6.07, 6.45) is 1.37. The molecule has 1 N–H and O–H groups in total. The molecule has 8 heteroatoms. The Labute approximate surface area is 166 Å². The van der Waals surface area contributed by atoms with Crippen LogP contribution < -0.4 is 10.1 Å². The number of rotatable bonds is 7. The molecule has 28 heavy (non-hydrogen) atoms. The molecule has 3 rings (SSSR count). The van der Waals surface area contributed by atoms with Crippen LogP contribution in [0.15, 0.2) is 42.5 Å². The van der Waals surface area contributed by atoms with Gasteiger partial charge in [-0.25, -0.2) is 0 Å². The predicted octanol–water partition coefficient (Wildman–Crippen LogP) is 1.85. The van der Waals surface area contributed by atoms with Crippen molar-refractivity contribution in [3.63, 3.8) is 0 Å². The highest BCUT2D eigenvalue weighted by molar-refractivity contribution is 7.86. The van der Waals surface area contributed by atoms with Gasteiger partial charge in [0.1, 0.15) is 12.4 Å². The number of carbonyl (C=O) groups excluding carboxylic acids is 1. The fraction of sp³-hybridized carbons (Fsp3) is 0.450. The van der Waals surface area contributed by atoms with Gasteiger partial charge in [-0.1, -0.05) is 36.4 Å². The molecule has 0 radical (unpaired) electrons. The number of carbonyl (C=O) groups is 1. The van der Waals surface area contributed by atoms with Gasteiger partial charge in [0, 0.05) is 32.6 Å². The van der Waals surface area contributed by atoms with Gasteiger partial charge >= 0.3 is 0 Å². The van der Waals surface area contributed by atoms with Crippen LogP contribution in [-0.2, 0) is 15.0 Å². The zero-order valence-corrected chi connectivity index (χ0v) is 17.1. The Hall–Kier alpha value is -2.16. The molecule has 1 atom stereocenters. The number of nitrogens with one attached hydrogen (secondary N) is 1. The maximum Gasteiger partial charge on any atom is 0.281 e. The van der Waals surface area contributed by atoms with E-state index < -0.39 is 10.2 Å². The second kappa shape index (κ2) is 8.89. The molecule has 1 aliphatic rings.